The van der Waals surface area contributed by atoms with Crippen molar-refractivity contribution in [3.05, 3.63) is 35.9 Å². The summed E-state index contributed by atoms with van der Waals surface area (Å²) in [6.45, 7) is 6.42. The third-order valence-electron chi connectivity index (χ3n) is 4.18. The maximum absolute atomic E-state index is 10.2. The predicted octanol–water partition coefficient (Wildman–Crippen LogP) is 4.33. The van der Waals surface area contributed by atoms with Gasteiger partial charge in [0.05, 0.1) is 0 Å². The van der Waals surface area contributed by atoms with Crippen molar-refractivity contribution in [2.45, 2.75) is 39.0 Å². The van der Waals surface area contributed by atoms with E-state index in [1.165, 1.54) is 0 Å². The molecule has 0 saturated heterocycles. The molecule has 96 valence electrons. The molecule has 2 heteroatoms. The molecule has 0 saturated carbocycles. The average molecular weight is 244 g/mol. The van der Waals surface area contributed by atoms with E-state index < -0.39 is 0 Å². The summed E-state index contributed by atoms with van der Waals surface area (Å²) < 4.78 is 0. The molecule has 0 radical (unpaired) electrons. The molecule has 2 N–H and O–H groups in total. The molecule has 0 aliphatic carbocycles. The van der Waals surface area contributed by atoms with Crippen molar-refractivity contribution in [1.29, 1.82) is 0 Å². The molecule has 0 spiro atoms. The van der Waals surface area contributed by atoms with Crippen LogP contribution in [0.25, 0.3) is 10.8 Å². The normalized spacial score (nSPS) is 11.9. The van der Waals surface area contributed by atoms with Crippen LogP contribution in [-0.4, -0.2) is 10.2 Å². The second kappa shape index (κ2) is 4.52. The van der Waals surface area contributed by atoms with Gasteiger partial charge in [0.15, 0.2) is 0 Å². The minimum Gasteiger partial charge on any atom is -0.508 e. The summed E-state index contributed by atoms with van der Waals surface area (Å²) in [5.41, 5.74) is 0.873. The van der Waals surface area contributed by atoms with Crippen LogP contribution in [0.4, 0.5) is 0 Å². The maximum Gasteiger partial charge on any atom is 0.123 e. The smallest absolute Gasteiger partial charge is 0.123 e. The summed E-state index contributed by atoms with van der Waals surface area (Å²) in [7, 11) is 0. The maximum atomic E-state index is 10.2. The van der Waals surface area contributed by atoms with Crippen LogP contribution < -0.4 is 0 Å². The highest BCUT2D eigenvalue weighted by Gasteiger charge is 2.27. The Morgan fingerprint density at radius 1 is 0.889 bits per heavy atom. The van der Waals surface area contributed by atoms with Crippen LogP contribution in [0.15, 0.2) is 30.3 Å². The Labute approximate surface area is 108 Å². The van der Waals surface area contributed by atoms with Crippen LogP contribution in [0.2, 0.25) is 0 Å². The van der Waals surface area contributed by atoms with E-state index in [0.717, 1.165) is 29.2 Å². The quantitative estimate of drug-likeness (QED) is 0.843. The predicted molar refractivity (Wildman–Crippen MR) is 75.2 cm³/mol. The number of phenols is 2. The molecule has 2 aromatic carbocycles. The van der Waals surface area contributed by atoms with Gasteiger partial charge in [-0.2, -0.15) is 0 Å². The Kier molecular flexibility index (Phi) is 3.20. The fraction of sp³-hybridized carbons (Fsp3) is 0.375. The van der Waals surface area contributed by atoms with Gasteiger partial charge in [0, 0.05) is 10.9 Å². The molecule has 2 aromatic rings. The molecule has 18 heavy (non-hydrogen) atoms. The molecule has 0 amide bonds. The van der Waals surface area contributed by atoms with Crippen molar-refractivity contribution in [1.82, 2.24) is 0 Å². The van der Waals surface area contributed by atoms with Gasteiger partial charge in [-0.3, -0.25) is 0 Å². The van der Waals surface area contributed by atoms with E-state index in [1.54, 1.807) is 18.2 Å². The molecular weight excluding hydrogens is 224 g/mol. The minimum absolute atomic E-state index is 0.0720. The number of hydrogen-bond donors (Lipinski definition) is 2. The first-order valence-corrected chi connectivity index (χ1v) is 6.47. The van der Waals surface area contributed by atoms with E-state index in [9.17, 15) is 10.2 Å². The van der Waals surface area contributed by atoms with Crippen molar-refractivity contribution in [3.8, 4) is 11.5 Å². The zero-order valence-corrected chi connectivity index (χ0v) is 11.2. The van der Waals surface area contributed by atoms with Gasteiger partial charge in [0.2, 0.25) is 0 Å². The average Bonchev–Trinajstić information content (AvgIpc) is 2.38. The number of benzene rings is 2. The van der Waals surface area contributed by atoms with Crippen molar-refractivity contribution in [2.24, 2.45) is 0 Å². The van der Waals surface area contributed by atoms with E-state index in [1.807, 2.05) is 12.1 Å². The highest BCUT2D eigenvalue weighted by molar-refractivity contribution is 5.93. The number of fused-ring (bicyclic) bond motifs is 1. The zero-order valence-electron chi connectivity index (χ0n) is 11.2. The molecule has 0 aliphatic rings. The Morgan fingerprint density at radius 2 is 1.56 bits per heavy atom. The van der Waals surface area contributed by atoms with Gasteiger partial charge in [-0.15, -0.1) is 0 Å². The number of hydrogen-bond acceptors (Lipinski definition) is 2. The van der Waals surface area contributed by atoms with Crippen LogP contribution in [0, 0.1) is 0 Å². The number of aromatic hydroxyl groups is 2. The lowest BCUT2D eigenvalue weighted by Crippen LogP contribution is -2.20. The summed E-state index contributed by atoms with van der Waals surface area (Å²) in [6.07, 6.45) is 1.90. The zero-order chi connectivity index (χ0) is 13.3. The summed E-state index contributed by atoms with van der Waals surface area (Å²) in [6, 6.07) is 8.93. The van der Waals surface area contributed by atoms with Crippen molar-refractivity contribution in [3.63, 3.8) is 0 Å². The first-order chi connectivity index (χ1) is 8.53. The molecule has 0 bridgehead atoms. The molecule has 2 rings (SSSR count). The third-order valence-corrected chi connectivity index (χ3v) is 4.18. The van der Waals surface area contributed by atoms with Crippen LogP contribution in [0.1, 0.15) is 39.2 Å². The molecule has 2 nitrogen and oxygen atoms in total. The number of rotatable bonds is 3. The molecule has 0 unspecified atom stereocenters. The topological polar surface area (TPSA) is 40.5 Å². The van der Waals surface area contributed by atoms with E-state index in [0.29, 0.717) is 5.75 Å². The highest BCUT2D eigenvalue weighted by atomic mass is 16.3. The molecule has 0 aliphatic heterocycles. The fourth-order valence-electron chi connectivity index (χ4n) is 2.57. The second-order valence-corrected chi connectivity index (χ2v) is 5.10. The highest BCUT2D eigenvalue weighted by Crippen LogP contribution is 2.42. The monoisotopic (exact) mass is 244 g/mol. The molecular formula is C16H20O2. The van der Waals surface area contributed by atoms with Crippen molar-refractivity contribution in [2.75, 3.05) is 0 Å². The van der Waals surface area contributed by atoms with Crippen LogP contribution in [-0.2, 0) is 5.41 Å². The lowest BCUT2D eigenvalue weighted by molar-refractivity contribution is 0.401. The first-order valence-electron chi connectivity index (χ1n) is 6.47. The fourth-order valence-corrected chi connectivity index (χ4v) is 2.57. The van der Waals surface area contributed by atoms with Gasteiger partial charge < -0.3 is 10.2 Å². The van der Waals surface area contributed by atoms with Gasteiger partial charge in [-0.25, -0.2) is 0 Å². The van der Waals surface area contributed by atoms with Crippen molar-refractivity contribution < 1.29 is 10.2 Å². The van der Waals surface area contributed by atoms with E-state index in [-0.39, 0.29) is 11.2 Å². The summed E-state index contributed by atoms with van der Waals surface area (Å²) in [5.74, 6) is 0.586. The van der Waals surface area contributed by atoms with Crippen LogP contribution >= 0.6 is 0 Å². The first kappa shape index (κ1) is 12.7. The SMILES string of the molecule is CCC(C)(CC)c1c(O)ccc2c(O)cccc12. The third kappa shape index (κ3) is 1.82. The Morgan fingerprint density at radius 3 is 2.17 bits per heavy atom. The van der Waals surface area contributed by atoms with Crippen LogP contribution in [0.3, 0.4) is 0 Å². The molecule has 0 aromatic heterocycles. The Hall–Kier alpha value is -1.70. The van der Waals surface area contributed by atoms with E-state index in [4.69, 9.17) is 0 Å². The second-order valence-electron chi connectivity index (χ2n) is 5.10. The summed E-state index contributed by atoms with van der Waals surface area (Å²) >= 11 is 0. The lowest BCUT2D eigenvalue weighted by atomic mass is 9.75. The van der Waals surface area contributed by atoms with Gasteiger partial charge in [0.25, 0.3) is 0 Å². The Bertz CT molecular complexity index is 569. The van der Waals surface area contributed by atoms with E-state index >= 15 is 0 Å². The number of phenolic OH excluding ortho intramolecular Hbond substituents is 2. The lowest BCUT2D eigenvalue weighted by Gasteiger charge is -2.29. The molecule has 0 heterocycles. The molecule has 0 fully saturated rings. The van der Waals surface area contributed by atoms with Gasteiger partial charge in [-0.05, 0) is 41.8 Å². The molecule has 0 atom stereocenters. The summed E-state index contributed by atoms with van der Waals surface area (Å²) in [4.78, 5) is 0. The Balaban J connectivity index is 2.84. The van der Waals surface area contributed by atoms with Gasteiger partial charge in [-0.1, -0.05) is 32.9 Å². The standard InChI is InChI=1S/C16H20O2/c1-4-16(3,5-2)15-12-7-6-8-13(17)11(12)9-10-14(15)18/h6-10,17-18H,4-5H2,1-3H3. The van der Waals surface area contributed by atoms with Crippen LogP contribution in [0.5, 0.6) is 11.5 Å². The van der Waals surface area contributed by atoms with Crippen molar-refractivity contribution >= 4 is 10.8 Å². The largest absolute Gasteiger partial charge is 0.508 e. The van der Waals surface area contributed by atoms with Gasteiger partial charge in [0.1, 0.15) is 11.5 Å². The van der Waals surface area contributed by atoms with E-state index in [2.05, 4.69) is 20.8 Å². The minimum atomic E-state index is -0.0720. The summed E-state index contributed by atoms with van der Waals surface area (Å²) in [5, 5.41) is 21.9. The van der Waals surface area contributed by atoms with Gasteiger partial charge >= 0.3 is 0 Å².